The first kappa shape index (κ1) is 19.1. The van der Waals surface area contributed by atoms with Gasteiger partial charge in [0.1, 0.15) is 0 Å². The summed E-state index contributed by atoms with van der Waals surface area (Å²) in [7, 11) is 0. The SMILES string of the molecule is O=C(CCN1CCN(c2ccccc2)CC1)NCCCN1CCNCC1. The van der Waals surface area contributed by atoms with Crippen LogP contribution in [-0.4, -0.2) is 87.7 Å². The summed E-state index contributed by atoms with van der Waals surface area (Å²) >= 11 is 0. The summed E-state index contributed by atoms with van der Waals surface area (Å²) in [6.45, 7) is 11.3. The van der Waals surface area contributed by atoms with Crippen molar-refractivity contribution in [3.63, 3.8) is 0 Å². The molecule has 0 unspecified atom stereocenters. The summed E-state index contributed by atoms with van der Waals surface area (Å²) in [5, 5.41) is 6.44. The highest BCUT2D eigenvalue weighted by Gasteiger charge is 2.17. The molecule has 1 aromatic carbocycles. The minimum Gasteiger partial charge on any atom is -0.369 e. The van der Waals surface area contributed by atoms with E-state index in [4.69, 9.17) is 0 Å². The molecule has 1 aromatic rings. The molecule has 0 radical (unpaired) electrons. The zero-order chi connectivity index (χ0) is 18.0. The number of anilines is 1. The Morgan fingerprint density at radius 1 is 0.923 bits per heavy atom. The van der Waals surface area contributed by atoms with Gasteiger partial charge in [-0.3, -0.25) is 9.69 Å². The molecule has 2 saturated heterocycles. The quantitative estimate of drug-likeness (QED) is 0.666. The predicted octanol–water partition coefficient (Wildman–Crippen LogP) is 0.610. The highest BCUT2D eigenvalue weighted by atomic mass is 16.1. The molecule has 2 fully saturated rings. The smallest absolute Gasteiger partial charge is 0.221 e. The van der Waals surface area contributed by atoms with Crippen LogP contribution in [0.15, 0.2) is 30.3 Å². The van der Waals surface area contributed by atoms with Crippen LogP contribution in [0.4, 0.5) is 5.69 Å². The largest absolute Gasteiger partial charge is 0.369 e. The van der Waals surface area contributed by atoms with Gasteiger partial charge >= 0.3 is 0 Å². The van der Waals surface area contributed by atoms with Gasteiger partial charge in [0.2, 0.25) is 5.91 Å². The third-order valence-corrected chi connectivity index (χ3v) is 5.33. The fourth-order valence-electron chi connectivity index (χ4n) is 3.68. The van der Waals surface area contributed by atoms with Crippen LogP contribution in [0.3, 0.4) is 0 Å². The first-order valence-electron chi connectivity index (χ1n) is 10.0. The monoisotopic (exact) mass is 359 g/mol. The summed E-state index contributed by atoms with van der Waals surface area (Å²) in [6, 6.07) is 10.6. The van der Waals surface area contributed by atoms with Crippen molar-refractivity contribution in [3.8, 4) is 0 Å². The van der Waals surface area contributed by atoms with E-state index in [9.17, 15) is 4.79 Å². The first-order chi connectivity index (χ1) is 12.8. The van der Waals surface area contributed by atoms with Gasteiger partial charge in [-0.2, -0.15) is 0 Å². The lowest BCUT2D eigenvalue weighted by atomic mass is 10.2. The highest BCUT2D eigenvalue weighted by molar-refractivity contribution is 5.76. The van der Waals surface area contributed by atoms with E-state index in [0.717, 1.165) is 78.4 Å². The van der Waals surface area contributed by atoms with Gasteiger partial charge in [0, 0.05) is 77.6 Å². The van der Waals surface area contributed by atoms with Crippen molar-refractivity contribution in [1.82, 2.24) is 20.4 Å². The molecule has 2 aliphatic heterocycles. The van der Waals surface area contributed by atoms with Gasteiger partial charge < -0.3 is 20.4 Å². The third-order valence-electron chi connectivity index (χ3n) is 5.33. The molecule has 3 rings (SSSR count). The maximum atomic E-state index is 12.1. The topological polar surface area (TPSA) is 50.9 Å². The fourth-order valence-corrected chi connectivity index (χ4v) is 3.68. The second-order valence-corrected chi connectivity index (χ2v) is 7.21. The van der Waals surface area contributed by atoms with Crippen LogP contribution >= 0.6 is 0 Å². The number of hydrogen-bond acceptors (Lipinski definition) is 5. The zero-order valence-corrected chi connectivity index (χ0v) is 15.8. The van der Waals surface area contributed by atoms with Crippen molar-refractivity contribution in [2.75, 3.05) is 76.9 Å². The Kier molecular flexibility index (Phi) is 7.73. The number of hydrogen-bond donors (Lipinski definition) is 2. The standard InChI is InChI=1S/C20H33N5O/c26-20(22-8-4-11-23-13-9-21-10-14-23)7-12-24-15-17-25(18-16-24)19-5-2-1-3-6-19/h1-3,5-6,21H,4,7-18H2,(H,22,26). The second-order valence-electron chi connectivity index (χ2n) is 7.21. The number of carbonyl (C=O) groups excluding carboxylic acids is 1. The lowest BCUT2D eigenvalue weighted by Gasteiger charge is -2.36. The second kappa shape index (κ2) is 10.5. The summed E-state index contributed by atoms with van der Waals surface area (Å²) in [4.78, 5) is 19.3. The minimum absolute atomic E-state index is 0.191. The van der Waals surface area contributed by atoms with Gasteiger partial charge in [0.25, 0.3) is 0 Å². The molecule has 6 nitrogen and oxygen atoms in total. The number of piperazine rings is 2. The van der Waals surface area contributed by atoms with Gasteiger partial charge in [-0.1, -0.05) is 18.2 Å². The first-order valence-corrected chi connectivity index (χ1v) is 10.0. The van der Waals surface area contributed by atoms with E-state index in [-0.39, 0.29) is 5.91 Å². The van der Waals surface area contributed by atoms with Crippen LogP contribution in [0.2, 0.25) is 0 Å². The molecule has 0 aliphatic carbocycles. The molecular formula is C20H33N5O. The maximum absolute atomic E-state index is 12.1. The number of nitrogens with zero attached hydrogens (tertiary/aromatic N) is 3. The molecule has 2 heterocycles. The minimum atomic E-state index is 0.191. The molecule has 144 valence electrons. The van der Waals surface area contributed by atoms with Crippen molar-refractivity contribution >= 4 is 11.6 Å². The third kappa shape index (κ3) is 6.27. The number of rotatable bonds is 8. The summed E-state index contributed by atoms with van der Waals surface area (Å²) in [6.07, 6.45) is 1.65. The highest BCUT2D eigenvalue weighted by Crippen LogP contribution is 2.15. The molecule has 6 heteroatoms. The molecule has 0 atom stereocenters. The van der Waals surface area contributed by atoms with E-state index in [2.05, 4.69) is 55.7 Å². The molecular weight excluding hydrogens is 326 g/mol. The molecule has 0 saturated carbocycles. The van der Waals surface area contributed by atoms with Crippen molar-refractivity contribution in [3.05, 3.63) is 30.3 Å². The number of para-hydroxylation sites is 1. The van der Waals surface area contributed by atoms with Crippen LogP contribution in [0.5, 0.6) is 0 Å². The molecule has 2 N–H and O–H groups in total. The van der Waals surface area contributed by atoms with Crippen LogP contribution < -0.4 is 15.5 Å². The fraction of sp³-hybridized carbons (Fsp3) is 0.650. The average Bonchev–Trinajstić information content (AvgIpc) is 2.71. The molecule has 0 spiro atoms. The average molecular weight is 360 g/mol. The van der Waals surface area contributed by atoms with Crippen molar-refractivity contribution < 1.29 is 4.79 Å². The van der Waals surface area contributed by atoms with Gasteiger partial charge in [-0.25, -0.2) is 0 Å². The normalized spacial score (nSPS) is 19.5. The summed E-state index contributed by atoms with van der Waals surface area (Å²) < 4.78 is 0. The van der Waals surface area contributed by atoms with Gasteiger partial charge in [-0.05, 0) is 25.1 Å². The molecule has 0 bridgehead atoms. The Labute approximate surface area is 157 Å². The zero-order valence-electron chi connectivity index (χ0n) is 15.8. The van der Waals surface area contributed by atoms with Crippen molar-refractivity contribution in [1.29, 1.82) is 0 Å². The molecule has 1 amide bonds. The van der Waals surface area contributed by atoms with E-state index in [1.807, 2.05) is 0 Å². The van der Waals surface area contributed by atoms with E-state index < -0.39 is 0 Å². The Balaban J connectivity index is 1.23. The van der Waals surface area contributed by atoms with Gasteiger partial charge in [0.05, 0.1) is 0 Å². The van der Waals surface area contributed by atoms with Crippen LogP contribution in [0, 0.1) is 0 Å². The summed E-state index contributed by atoms with van der Waals surface area (Å²) in [5.41, 5.74) is 1.30. The van der Waals surface area contributed by atoms with E-state index in [0.29, 0.717) is 6.42 Å². The lowest BCUT2D eigenvalue weighted by molar-refractivity contribution is -0.121. The van der Waals surface area contributed by atoms with E-state index in [1.54, 1.807) is 0 Å². The number of amides is 1. The van der Waals surface area contributed by atoms with E-state index >= 15 is 0 Å². The predicted molar refractivity (Wildman–Crippen MR) is 107 cm³/mol. The maximum Gasteiger partial charge on any atom is 0.221 e. The van der Waals surface area contributed by atoms with Crippen LogP contribution in [0.25, 0.3) is 0 Å². The summed E-state index contributed by atoms with van der Waals surface area (Å²) in [5.74, 6) is 0.191. The van der Waals surface area contributed by atoms with Crippen LogP contribution in [0.1, 0.15) is 12.8 Å². The number of benzene rings is 1. The lowest BCUT2D eigenvalue weighted by Crippen LogP contribution is -2.47. The van der Waals surface area contributed by atoms with Gasteiger partial charge in [0.15, 0.2) is 0 Å². The molecule has 26 heavy (non-hydrogen) atoms. The Morgan fingerprint density at radius 3 is 2.35 bits per heavy atom. The Hall–Kier alpha value is -1.63. The number of nitrogens with one attached hydrogen (secondary N) is 2. The van der Waals surface area contributed by atoms with Crippen LogP contribution in [-0.2, 0) is 4.79 Å². The number of carbonyl (C=O) groups is 1. The van der Waals surface area contributed by atoms with Gasteiger partial charge in [-0.15, -0.1) is 0 Å². The van der Waals surface area contributed by atoms with E-state index in [1.165, 1.54) is 5.69 Å². The Morgan fingerprint density at radius 2 is 1.62 bits per heavy atom. The van der Waals surface area contributed by atoms with Crippen molar-refractivity contribution in [2.24, 2.45) is 0 Å². The Bertz CT molecular complexity index is 524. The molecule has 2 aliphatic rings. The van der Waals surface area contributed by atoms with Crippen molar-refractivity contribution in [2.45, 2.75) is 12.8 Å². The molecule has 0 aromatic heterocycles.